The van der Waals surface area contributed by atoms with Crippen molar-refractivity contribution in [3.05, 3.63) is 29.0 Å². The molecule has 12 heavy (non-hydrogen) atoms. The topological polar surface area (TPSA) is 29.1 Å². The number of rotatable bonds is 1. The molecule has 2 nitrogen and oxygen atoms in total. The Morgan fingerprint density at radius 1 is 1.58 bits per heavy atom. The number of anilines is 1. The Kier molecular flexibility index (Phi) is 2.65. The van der Waals surface area contributed by atoms with Gasteiger partial charge >= 0.3 is 0 Å². The predicted octanol–water partition coefficient (Wildman–Crippen LogP) is 2.44. The van der Waals surface area contributed by atoms with Gasteiger partial charge in [-0.25, -0.2) is 4.39 Å². The Morgan fingerprint density at radius 3 is 2.75 bits per heavy atom. The average Bonchev–Trinajstić information content (AvgIpc) is 1.94. The molecule has 0 aliphatic carbocycles. The molecule has 4 heteroatoms. The molecular weight excluding hydrogens is 181 g/mol. The van der Waals surface area contributed by atoms with Crippen molar-refractivity contribution in [3.8, 4) is 0 Å². The Bertz CT molecular complexity index is 314. The lowest BCUT2D eigenvalue weighted by molar-refractivity contribution is -0.114. The van der Waals surface area contributed by atoms with Gasteiger partial charge in [0.2, 0.25) is 5.91 Å². The van der Waals surface area contributed by atoms with Crippen LogP contribution in [0.2, 0.25) is 5.02 Å². The molecule has 0 heterocycles. The van der Waals surface area contributed by atoms with E-state index in [1.807, 2.05) is 0 Å². The summed E-state index contributed by atoms with van der Waals surface area (Å²) in [6.45, 7) is 1.36. The molecule has 0 bridgehead atoms. The van der Waals surface area contributed by atoms with Crippen LogP contribution in [0.25, 0.3) is 0 Å². The zero-order valence-electron chi connectivity index (χ0n) is 6.40. The lowest BCUT2D eigenvalue weighted by Gasteiger charge is -2.03. The Hall–Kier alpha value is -1.09. The third-order valence-corrected chi connectivity index (χ3v) is 1.55. The van der Waals surface area contributed by atoms with Gasteiger partial charge in [0.15, 0.2) is 0 Å². The van der Waals surface area contributed by atoms with E-state index in [1.165, 1.54) is 19.1 Å². The van der Waals surface area contributed by atoms with Crippen LogP contribution in [0.15, 0.2) is 18.2 Å². The van der Waals surface area contributed by atoms with Crippen molar-refractivity contribution < 1.29 is 9.18 Å². The second-order valence-corrected chi connectivity index (χ2v) is 2.71. The lowest BCUT2D eigenvalue weighted by Crippen LogP contribution is -2.06. The molecule has 0 aliphatic rings. The van der Waals surface area contributed by atoms with Gasteiger partial charge in [-0.15, -0.1) is 0 Å². The fourth-order valence-corrected chi connectivity index (χ4v) is 0.995. The monoisotopic (exact) mass is 187 g/mol. The number of hydrogen-bond donors (Lipinski definition) is 1. The number of benzene rings is 1. The summed E-state index contributed by atoms with van der Waals surface area (Å²) in [5.74, 6) is -0.655. The fraction of sp³-hybridized carbons (Fsp3) is 0.125. The standard InChI is InChI=1S/C8H7ClFNO/c1-5(12)11-8-3-2-6(10)4-7(8)9/h2-4H,1H3,(H,11,12). The highest BCUT2D eigenvalue weighted by atomic mass is 35.5. The maximum Gasteiger partial charge on any atom is 0.221 e. The molecule has 0 saturated carbocycles. The summed E-state index contributed by atoms with van der Waals surface area (Å²) in [6, 6.07) is 3.79. The first kappa shape index (κ1) is 9.00. The molecule has 1 amide bonds. The third kappa shape index (κ3) is 2.20. The molecular formula is C8H7ClFNO. The van der Waals surface area contributed by atoms with Crippen LogP contribution in [-0.2, 0) is 4.79 Å². The van der Waals surface area contributed by atoms with Crippen LogP contribution in [0.4, 0.5) is 10.1 Å². The molecule has 0 saturated heterocycles. The Balaban J connectivity index is 2.93. The summed E-state index contributed by atoms with van der Waals surface area (Å²) in [4.78, 5) is 10.6. The van der Waals surface area contributed by atoms with Crippen molar-refractivity contribution >= 4 is 23.2 Å². The maximum atomic E-state index is 12.5. The molecule has 64 valence electrons. The minimum absolute atomic E-state index is 0.199. The highest BCUT2D eigenvalue weighted by Crippen LogP contribution is 2.21. The van der Waals surface area contributed by atoms with Gasteiger partial charge in [-0.05, 0) is 18.2 Å². The van der Waals surface area contributed by atoms with Crippen LogP contribution in [-0.4, -0.2) is 5.91 Å². The molecule has 1 N–H and O–H groups in total. The van der Waals surface area contributed by atoms with Crippen LogP contribution < -0.4 is 5.32 Å². The largest absolute Gasteiger partial charge is 0.325 e. The molecule has 0 fully saturated rings. The minimum Gasteiger partial charge on any atom is -0.325 e. The predicted molar refractivity (Wildman–Crippen MR) is 45.7 cm³/mol. The molecule has 1 rings (SSSR count). The normalized spacial score (nSPS) is 9.58. The SMILES string of the molecule is CC(=O)Nc1ccc(F)cc1Cl. The minimum atomic E-state index is -0.422. The first-order chi connectivity index (χ1) is 5.59. The van der Waals surface area contributed by atoms with Crippen molar-refractivity contribution in [2.75, 3.05) is 5.32 Å². The van der Waals surface area contributed by atoms with Crippen molar-refractivity contribution in [2.24, 2.45) is 0 Å². The van der Waals surface area contributed by atoms with E-state index >= 15 is 0 Å². The van der Waals surface area contributed by atoms with E-state index in [2.05, 4.69) is 5.32 Å². The van der Waals surface area contributed by atoms with Crippen molar-refractivity contribution in [3.63, 3.8) is 0 Å². The van der Waals surface area contributed by atoms with Gasteiger partial charge in [-0.2, -0.15) is 0 Å². The highest BCUT2D eigenvalue weighted by Gasteiger charge is 2.02. The molecule has 0 unspecified atom stereocenters. The summed E-state index contributed by atoms with van der Waals surface area (Å²) >= 11 is 5.62. The molecule has 0 atom stereocenters. The summed E-state index contributed by atoms with van der Waals surface area (Å²) in [6.07, 6.45) is 0. The van der Waals surface area contributed by atoms with Crippen LogP contribution in [0, 0.1) is 5.82 Å². The van der Waals surface area contributed by atoms with Crippen LogP contribution >= 0.6 is 11.6 Å². The number of amides is 1. The quantitative estimate of drug-likeness (QED) is 0.719. The number of carbonyl (C=O) groups is 1. The van der Waals surface area contributed by atoms with Gasteiger partial charge in [0, 0.05) is 6.92 Å². The zero-order chi connectivity index (χ0) is 9.14. The van der Waals surface area contributed by atoms with Crippen LogP contribution in [0.5, 0.6) is 0 Å². The van der Waals surface area contributed by atoms with E-state index in [1.54, 1.807) is 0 Å². The van der Waals surface area contributed by atoms with Crippen molar-refractivity contribution in [1.82, 2.24) is 0 Å². The summed E-state index contributed by atoms with van der Waals surface area (Å²) in [7, 11) is 0. The smallest absolute Gasteiger partial charge is 0.221 e. The lowest BCUT2D eigenvalue weighted by atomic mass is 10.3. The van der Waals surface area contributed by atoms with E-state index in [9.17, 15) is 9.18 Å². The number of nitrogens with one attached hydrogen (secondary N) is 1. The van der Waals surface area contributed by atoms with Gasteiger partial charge in [0.05, 0.1) is 10.7 Å². The molecule has 1 aromatic rings. The van der Waals surface area contributed by atoms with E-state index < -0.39 is 5.82 Å². The van der Waals surface area contributed by atoms with E-state index in [4.69, 9.17) is 11.6 Å². The Labute approximate surface area is 74.3 Å². The van der Waals surface area contributed by atoms with Crippen molar-refractivity contribution in [2.45, 2.75) is 6.92 Å². The van der Waals surface area contributed by atoms with Gasteiger partial charge in [0.1, 0.15) is 5.82 Å². The summed E-state index contributed by atoms with van der Waals surface area (Å²) in [5, 5.41) is 2.66. The van der Waals surface area contributed by atoms with E-state index in [-0.39, 0.29) is 10.9 Å². The first-order valence-corrected chi connectivity index (χ1v) is 3.70. The second kappa shape index (κ2) is 3.54. The molecule has 1 aromatic carbocycles. The van der Waals surface area contributed by atoms with Crippen LogP contribution in [0.3, 0.4) is 0 Å². The molecule has 0 radical (unpaired) electrons. The Morgan fingerprint density at radius 2 is 2.25 bits per heavy atom. The summed E-state index contributed by atoms with van der Waals surface area (Å²) < 4.78 is 12.5. The van der Waals surface area contributed by atoms with E-state index in [0.717, 1.165) is 6.07 Å². The summed E-state index contributed by atoms with van der Waals surface area (Å²) in [5.41, 5.74) is 0.422. The highest BCUT2D eigenvalue weighted by molar-refractivity contribution is 6.33. The zero-order valence-corrected chi connectivity index (χ0v) is 7.15. The van der Waals surface area contributed by atoms with Gasteiger partial charge in [0.25, 0.3) is 0 Å². The van der Waals surface area contributed by atoms with Gasteiger partial charge in [-0.1, -0.05) is 11.6 Å². The fourth-order valence-electron chi connectivity index (χ4n) is 0.780. The average molecular weight is 188 g/mol. The number of hydrogen-bond acceptors (Lipinski definition) is 1. The third-order valence-electron chi connectivity index (χ3n) is 1.24. The molecule has 0 spiro atoms. The van der Waals surface area contributed by atoms with E-state index in [0.29, 0.717) is 5.69 Å². The van der Waals surface area contributed by atoms with Crippen LogP contribution in [0.1, 0.15) is 6.92 Å². The van der Waals surface area contributed by atoms with Gasteiger partial charge in [-0.3, -0.25) is 4.79 Å². The van der Waals surface area contributed by atoms with Gasteiger partial charge < -0.3 is 5.32 Å². The number of carbonyl (C=O) groups excluding carboxylic acids is 1. The number of halogens is 2. The maximum absolute atomic E-state index is 12.5. The van der Waals surface area contributed by atoms with Crippen molar-refractivity contribution in [1.29, 1.82) is 0 Å². The molecule has 0 aromatic heterocycles. The first-order valence-electron chi connectivity index (χ1n) is 3.32. The second-order valence-electron chi connectivity index (χ2n) is 2.31. The molecule has 0 aliphatic heterocycles.